The Kier molecular flexibility index (Phi) is 4.80. The van der Waals surface area contributed by atoms with Crippen LogP contribution in [0.1, 0.15) is 10.4 Å². The van der Waals surface area contributed by atoms with Crippen LogP contribution in [0.3, 0.4) is 0 Å². The van der Waals surface area contributed by atoms with Crippen molar-refractivity contribution in [2.75, 3.05) is 0 Å². The molecule has 0 bridgehead atoms. The molecule has 0 aliphatic carbocycles. The first kappa shape index (κ1) is 19.1. The van der Waals surface area contributed by atoms with Crippen LogP contribution in [0.2, 0.25) is 0 Å². The summed E-state index contributed by atoms with van der Waals surface area (Å²) in [4.78, 5) is 14.3. The smallest absolute Gasteiger partial charge is 0.215 e. The number of nitrogens with zero attached hydrogens (tertiary/aromatic N) is 4. The highest BCUT2D eigenvalue weighted by atomic mass is 32.1. The summed E-state index contributed by atoms with van der Waals surface area (Å²) in [6.07, 6.45) is 3.42. The molecule has 0 radical (unpaired) electrons. The molecule has 0 spiro atoms. The molecule has 0 amide bonds. The molecule has 0 saturated heterocycles. The zero-order chi connectivity index (χ0) is 21.4. The molecule has 1 N–H and O–H groups in total. The van der Waals surface area contributed by atoms with Crippen LogP contribution in [-0.2, 0) is 0 Å². The van der Waals surface area contributed by atoms with Crippen molar-refractivity contribution in [3.63, 3.8) is 0 Å². The van der Waals surface area contributed by atoms with Crippen LogP contribution in [0.15, 0.2) is 81.7 Å². The molecule has 2 heterocycles. The lowest BCUT2D eigenvalue weighted by Gasteiger charge is -2.05. The summed E-state index contributed by atoms with van der Waals surface area (Å²) >= 11 is 1.35. The first-order valence-electron chi connectivity index (χ1n) is 9.61. The topological polar surface area (TPSA) is 62.2 Å². The molecule has 0 unspecified atom stereocenters. The highest BCUT2D eigenvalue weighted by Gasteiger charge is 2.13. The fourth-order valence-electron chi connectivity index (χ4n) is 3.26. The van der Waals surface area contributed by atoms with E-state index in [1.54, 1.807) is 16.7 Å². The SMILES string of the molecule is Cc1ccc(-n2c(O)c(/C=c3\ccc4c(c3)N=CN=4)sc2=Nc2ccc(F)cc2)cc1. The lowest BCUT2D eigenvalue weighted by Crippen LogP contribution is -2.11. The van der Waals surface area contributed by atoms with E-state index in [1.807, 2.05) is 55.5 Å². The molecule has 152 valence electrons. The first-order chi connectivity index (χ1) is 15.1. The summed E-state index contributed by atoms with van der Waals surface area (Å²) in [5.74, 6) is -0.234. The third-order valence-electron chi connectivity index (χ3n) is 4.86. The Morgan fingerprint density at radius 2 is 1.81 bits per heavy atom. The van der Waals surface area contributed by atoms with Gasteiger partial charge in [0.05, 0.1) is 27.3 Å². The van der Waals surface area contributed by atoms with Crippen molar-refractivity contribution in [3.8, 4) is 11.6 Å². The number of hydrogen-bond donors (Lipinski definition) is 1. The van der Waals surface area contributed by atoms with Crippen molar-refractivity contribution in [3.05, 3.63) is 98.4 Å². The van der Waals surface area contributed by atoms with Gasteiger partial charge in [-0.2, -0.15) is 0 Å². The number of hydrogen-bond acceptors (Lipinski definition) is 5. The molecule has 7 heteroatoms. The molecule has 5 nitrogen and oxygen atoms in total. The van der Waals surface area contributed by atoms with Crippen molar-refractivity contribution in [2.45, 2.75) is 6.92 Å². The number of halogens is 1. The van der Waals surface area contributed by atoms with Crippen LogP contribution in [0, 0.1) is 12.7 Å². The maximum Gasteiger partial charge on any atom is 0.215 e. The molecule has 0 fully saturated rings. The van der Waals surface area contributed by atoms with Gasteiger partial charge in [0.1, 0.15) is 12.2 Å². The summed E-state index contributed by atoms with van der Waals surface area (Å²) in [5.41, 5.74) is 3.31. The van der Waals surface area contributed by atoms with Crippen molar-refractivity contribution >= 4 is 35.1 Å². The van der Waals surface area contributed by atoms with E-state index in [4.69, 9.17) is 0 Å². The van der Waals surface area contributed by atoms with E-state index in [2.05, 4.69) is 15.0 Å². The van der Waals surface area contributed by atoms with E-state index >= 15 is 0 Å². The predicted molar refractivity (Wildman–Crippen MR) is 121 cm³/mol. The summed E-state index contributed by atoms with van der Waals surface area (Å²) in [6.45, 7) is 2.01. The molecular formula is C24H17FN4OS. The number of benzene rings is 3. The first-order valence-corrected chi connectivity index (χ1v) is 10.4. The van der Waals surface area contributed by atoms with E-state index in [9.17, 15) is 9.50 Å². The predicted octanol–water partition coefficient (Wildman–Crippen LogP) is 4.05. The van der Waals surface area contributed by atoms with Crippen molar-refractivity contribution in [1.29, 1.82) is 0 Å². The molecule has 31 heavy (non-hydrogen) atoms. The molecule has 1 aliphatic heterocycles. The third kappa shape index (κ3) is 3.83. The second-order valence-corrected chi connectivity index (χ2v) is 8.11. The number of thiazole rings is 1. The van der Waals surface area contributed by atoms with E-state index in [1.165, 1.54) is 29.8 Å². The van der Waals surface area contributed by atoms with E-state index in [-0.39, 0.29) is 11.7 Å². The Morgan fingerprint density at radius 3 is 2.58 bits per heavy atom. The van der Waals surface area contributed by atoms with Crippen LogP contribution in [0.4, 0.5) is 15.8 Å². The number of aromatic hydroxyl groups is 1. The van der Waals surface area contributed by atoms with E-state index in [0.29, 0.717) is 15.4 Å². The lowest BCUT2D eigenvalue weighted by atomic mass is 10.2. The molecule has 3 aromatic carbocycles. The van der Waals surface area contributed by atoms with Crippen molar-refractivity contribution in [2.24, 2.45) is 15.0 Å². The lowest BCUT2D eigenvalue weighted by molar-refractivity contribution is 0.439. The molecule has 4 aromatic rings. The second kappa shape index (κ2) is 7.77. The van der Waals surface area contributed by atoms with Gasteiger partial charge >= 0.3 is 0 Å². The highest BCUT2D eigenvalue weighted by Crippen LogP contribution is 2.26. The number of aryl methyl sites for hydroxylation is 1. The maximum atomic E-state index is 13.3. The fourth-order valence-corrected chi connectivity index (χ4v) is 4.27. The normalized spacial score (nSPS) is 13.5. The fraction of sp³-hybridized carbons (Fsp3) is 0.0417. The van der Waals surface area contributed by atoms with Gasteiger partial charge in [0, 0.05) is 0 Å². The quantitative estimate of drug-likeness (QED) is 0.526. The minimum absolute atomic E-state index is 0.0865. The number of aliphatic imine (C=N–C) groups is 1. The number of fused-ring (bicyclic) bond motifs is 1. The molecule has 1 aromatic heterocycles. The van der Waals surface area contributed by atoms with Crippen LogP contribution >= 0.6 is 11.3 Å². The van der Waals surface area contributed by atoms with Gasteiger partial charge in [0.25, 0.3) is 0 Å². The van der Waals surface area contributed by atoms with Gasteiger partial charge in [-0.25, -0.2) is 19.4 Å². The summed E-state index contributed by atoms with van der Waals surface area (Å²) < 4.78 is 15.0. The van der Waals surface area contributed by atoms with Crippen LogP contribution < -0.4 is 15.4 Å². The second-order valence-electron chi connectivity index (χ2n) is 7.10. The molecule has 5 rings (SSSR count). The monoisotopic (exact) mass is 428 g/mol. The van der Waals surface area contributed by atoms with Gasteiger partial charge in [0.15, 0.2) is 4.80 Å². The zero-order valence-electron chi connectivity index (χ0n) is 16.5. The third-order valence-corrected chi connectivity index (χ3v) is 5.84. The standard InChI is InChI=1S/C24H17FN4OS/c1-15-2-9-19(10-3-15)29-23(30)22(13-16-4-11-20-21(12-16)27-14-26-20)31-24(29)28-18-7-5-17(25)6-8-18/h2-14,30H,1H3/b16-13+,28-24?. The average Bonchev–Trinajstić information content (AvgIpc) is 3.35. The van der Waals surface area contributed by atoms with Gasteiger partial charge < -0.3 is 5.11 Å². The Balaban J connectivity index is 1.71. The van der Waals surface area contributed by atoms with Gasteiger partial charge in [-0.3, -0.25) is 4.57 Å². The van der Waals surface area contributed by atoms with Crippen LogP contribution in [0.5, 0.6) is 5.88 Å². The largest absolute Gasteiger partial charge is 0.493 e. The van der Waals surface area contributed by atoms with Gasteiger partial charge in [-0.05, 0) is 66.7 Å². The molecular weight excluding hydrogens is 411 g/mol. The van der Waals surface area contributed by atoms with Crippen LogP contribution in [0.25, 0.3) is 11.8 Å². The average molecular weight is 428 g/mol. The van der Waals surface area contributed by atoms with Gasteiger partial charge in [0.2, 0.25) is 5.88 Å². The minimum Gasteiger partial charge on any atom is -0.493 e. The maximum absolute atomic E-state index is 13.3. The Labute approximate surface area is 181 Å². The summed E-state index contributed by atoms with van der Waals surface area (Å²) in [6, 6.07) is 19.5. The number of rotatable bonds is 3. The molecule has 0 saturated carbocycles. The Morgan fingerprint density at radius 1 is 1.03 bits per heavy atom. The van der Waals surface area contributed by atoms with E-state index < -0.39 is 0 Å². The zero-order valence-corrected chi connectivity index (χ0v) is 17.3. The Hall–Kier alpha value is -3.84. The van der Waals surface area contributed by atoms with Gasteiger partial charge in [-0.15, -0.1) is 0 Å². The summed E-state index contributed by atoms with van der Waals surface area (Å²) in [7, 11) is 0. The summed E-state index contributed by atoms with van der Waals surface area (Å²) in [5, 5.41) is 12.8. The molecule has 0 atom stereocenters. The van der Waals surface area contributed by atoms with Crippen LogP contribution in [-0.4, -0.2) is 16.0 Å². The molecule has 1 aliphatic rings. The number of aromatic nitrogens is 1. The van der Waals surface area contributed by atoms with Gasteiger partial charge in [-0.1, -0.05) is 35.1 Å². The minimum atomic E-state index is -0.320. The van der Waals surface area contributed by atoms with Crippen molar-refractivity contribution < 1.29 is 9.50 Å². The van der Waals surface area contributed by atoms with Crippen molar-refractivity contribution in [1.82, 2.24) is 4.57 Å². The Bertz CT molecular complexity index is 1500. The van der Waals surface area contributed by atoms with E-state index in [0.717, 1.165) is 27.5 Å². The highest BCUT2D eigenvalue weighted by molar-refractivity contribution is 7.10.